The lowest BCUT2D eigenvalue weighted by Gasteiger charge is -2.25. The molecule has 0 aromatic rings. The molecule has 1 atom stereocenters. The Morgan fingerprint density at radius 2 is 1.75 bits per heavy atom. The van der Waals surface area contributed by atoms with Crippen LogP contribution in [0, 0.1) is 5.92 Å². The molecule has 0 aromatic carbocycles. The van der Waals surface area contributed by atoms with Gasteiger partial charge in [0.05, 0.1) is 11.5 Å². The zero-order chi connectivity index (χ0) is 17.6. The molecule has 9 heteroatoms. The molecule has 1 unspecified atom stereocenters. The molecule has 1 aliphatic rings. The fourth-order valence-electron chi connectivity index (χ4n) is 2.18. The van der Waals surface area contributed by atoms with Crippen LogP contribution in [-0.2, 0) is 20.7 Å². The molecule has 0 saturated heterocycles. The second-order valence-corrected chi connectivity index (χ2v) is 7.91. The highest BCUT2D eigenvalue weighted by Crippen LogP contribution is 2.25. The summed E-state index contributed by atoms with van der Waals surface area (Å²) in [5, 5.41) is 8.82. The molecule has 0 heterocycles. The second kappa shape index (κ2) is 13.6. The Hall–Kier alpha value is -0.640. The molecule has 7 nitrogen and oxygen atoms in total. The molecule has 2 amide bonds. The maximum Gasteiger partial charge on any atom is 0.230 e. The normalized spacial score (nSPS) is 15.5. The van der Waals surface area contributed by atoms with Crippen molar-refractivity contribution >= 4 is 34.7 Å². The first-order chi connectivity index (χ1) is 11.6. The van der Waals surface area contributed by atoms with Crippen molar-refractivity contribution in [1.82, 2.24) is 16.0 Å². The van der Waals surface area contributed by atoms with Gasteiger partial charge in [0.2, 0.25) is 11.8 Å². The average Bonchev–Trinajstić information content (AvgIpc) is 2.48. The fraction of sp³-hybridized carbons (Fsp3) is 0.867. The Morgan fingerprint density at radius 1 is 1.04 bits per heavy atom. The summed E-state index contributed by atoms with van der Waals surface area (Å²) in [6.45, 7) is 2.68. The van der Waals surface area contributed by atoms with Crippen LogP contribution in [0.5, 0.6) is 0 Å². The smallest absolute Gasteiger partial charge is 0.230 e. The van der Waals surface area contributed by atoms with Gasteiger partial charge in [0.25, 0.3) is 0 Å². The van der Waals surface area contributed by atoms with Gasteiger partial charge in [-0.05, 0) is 38.1 Å². The number of nitrogens with one attached hydrogen (secondary N) is 3. The SMILES string of the molecule is O=C(CSCC(=O)NCC1CCC1)NCCNCCCCS(=O)[O-]. The van der Waals surface area contributed by atoms with Crippen molar-refractivity contribution in [2.75, 3.05) is 43.4 Å². The fourth-order valence-corrected chi connectivity index (χ4v) is 3.30. The van der Waals surface area contributed by atoms with Crippen LogP contribution < -0.4 is 16.0 Å². The summed E-state index contributed by atoms with van der Waals surface area (Å²) in [5.74, 6) is 1.38. The number of rotatable bonds is 14. The van der Waals surface area contributed by atoms with Crippen molar-refractivity contribution in [3.05, 3.63) is 0 Å². The lowest BCUT2D eigenvalue weighted by molar-refractivity contribution is -0.119. The number of thioether (sulfide) groups is 1. The van der Waals surface area contributed by atoms with Crippen LogP contribution >= 0.6 is 11.8 Å². The average molecular weight is 379 g/mol. The lowest BCUT2D eigenvalue weighted by atomic mass is 9.85. The van der Waals surface area contributed by atoms with E-state index >= 15 is 0 Å². The van der Waals surface area contributed by atoms with Crippen LogP contribution in [0.1, 0.15) is 32.1 Å². The Bertz CT molecular complexity index is 406. The molecular weight excluding hydrogens is 350 g/mol. The van der Waals surface area contributed by atoms with Crippen molar-refractivity contribution < 1.29 is 18.4 Å². The summed E-state index contributed by atoms with van der Waals surface area (Å²) in [4.78, 5) is 23.2. The van der Waals surface area contributed by atoms with Crippen LogP contribution in [0.4, 0.5) is 0 Å². The van der Waals surface area contributed by atoms with Crippen LogP contribution in [0.2, 0.25) is 0 Å². The predicted octanol–water partition coefficient (Wildman–Crippen LogP) is 0.00100. The number of hydrogen-bond donors (Lipinski definition) is 3. The van der Waals surface area contributed by atoms with E-state index in [0.717, 1.165) is 19.5 Å². The number of carbonyl (C=O) groups is 2. The van der Waals surface area contributed by atoms with Crippen molar-refractivity contribution in [1.29, 1.82) is 0 Å². The summed E-state index contributed by atoms with van der Waals surface area (Å²) >= 11 is -0.633. The zero-order valence-electron chi connectivity index (χ0n) is 14.0. The summed E-state index contributed by atoms with van der Waals surface area (Å²) in [6.07, 6.45) is 5.14. The molecule has 0 radical (unpaired) electrons. The van der Waals surface area contributed by atoms with Gasteiger partial charge in [0.15, 0.2) is 0 Å². The molecule has 0 bridgehead atoms. The Balaban J connectivity index is 1.83. The van der Waals surface area contributed by atoms with Gasteiger partial charge in [-0.25, -0.2) is 0 Å². The molecule has 0 aromatic heterocycles. The van der Waals surface area contributed by atoms with Gasteiger partial charge in [-0.3, -0.25) is 13.8 Å². The molecule has 0 spiro atoms. The van der Waals surface area contributed by atoms with Crippen LogP contribution in [0.15, 0.2) is 0 Å². The van der Waals surface area contributed by atoms with Crippen molar-refractivity contribution in [2.45, 2.75) is 32.1 Å². The van der Waals surface area contributed by atoms with Crippen molar-refractivity contribution in [3.63, 3.8) is 0 Å². The highest BCUT2D eigenvalue weighted by molar-refractivity contribution is 8.00. The van der Waals surface area contributed by atoms with Gasteiger partial charge in [0, 0.05) is 25.4 Å². The van der Waals surface area contributed by atoms with Gasteiger partial charge in [-0.2, -0.15) is 0 Å². The molecule has 3 N–H and O–H groups in total. The minimum atomic E-state index is -1.95. The maximum absolute atomic E-state index is 11.6. The lowest BCUT2D eigenvalue weighted by Crippen LogP contribution is -2.35. The summed E-state index contributed by atoms with van der Waals surface area (Å²) in [7, 11) is 0. The third-order valence-corrected chi connectivity index (χ3v) is 5.37. The van der Waals surface area contributed by atoms with E-state index in [2.05, 4.69) is 16.0 Å². The van der Waals surface area contributed by atoms with E-state index in [1.54, 1.807) is 0 Å². The summed E-state index contributed by atoms with van der Waals surface area (Å²) in [6, 6.07) is 0. The van der Waals surface area contributed by atoms with Gasteiger partial charge in [-0.15, -0.1) is 11.8 Å². The molecule has 24 heavy (non-hydrogen) atoms. The third kappa shape index (κ3) is 11.8. The molecule has 0 aliphatic heterocycles. The van der Waals surface area contributed by atoms with Crippen LogP contribution in [0.25, 0.3) is 0 Å². The van der Waals surface area contributed by atoms with Gasteiger partial charge in [-0.1, -0.05) is 17.5 Å². The minimum Gasteiger partial charge on any atom is -0.772 e. The summed E-state index contributed by atoms with van der Waals surface area (Å²) in [5.41, 5.74) is 0. The standard InChI is InChI=1S/C15H29N3O4S2/c19-14(17-8-7-16-6-1-2-9-24(21)22)11-23-12-15(20)18-10-13-4-3-5-13/h13,16H,1-12H2,(H,17,19)(H,18,20)(H,21,22)/p-1. The van der Waals surface area contributed by atoms with Gasteiger partial charge >= 0.3 is 0 Å². The summed E-state index contributed by atoms with van der Waals surface area (Å²) < 4.78 is 20.7. The zero-order valence-corrected chi connectivity index (χ0v) is 15.6. The van der Waals surface area contributed by atoms with E-state index in [-0.39, 0.29) is 23.3 Å². The van der Waals surface area contributed by atoms with E-state index < -0.39 is 11.1 Å². The molecule has 1 rings (SSSR count). The molecule has 1 aliphatic carbocycles. The molecule has 140 valence electrons. The van der Waals surface area contributed by atoms with Crippen LogP contribution in [-0.4, -0.2) is 64.0 Å². The van der Waals surface area contributed by atoms with Gasteiger partial charge in [0.1, 0.15) is 0 Å². The highest BCUT2D eigenvalue weighted by Gasteiger charge is 2.17. The molecule has 1 fully saturated rings. The van der Waals surface area contributed by atoms with Gasteiger partial charge < -0.3 is 20.5 Å². The van der Waals surface area contributed by atoms with E-state index in [9.17, 15) is 18.4 Å². The molecule has 1 saturated carbocycles. The largest absolute Gasteiger partial charge is 0.772 e. The maximum atomic E-state index is 11.6. The van der Waals surface area contributed by atoms with E-state index in [1.165, 1.54) is 31.0 Å². The van der Waals surface area contributed by atoms with Crippen LogP contribution in [0.3, 0.4) is 0 Å². The minimum absolute atomic E-state index is 0.000349. The highest BCUT2D eigenvalue weighted by atomic mass is 32.2. The number of carbonyl (C=O) groups excluding carboxylic acids is 2. The van der Waals surface area contributed by atoms with Crippen molar-refractivity contribution in [2.24, 2.45) is 5.92 Å². The third-order valence-electron chi connectivity index (χ3n) is 3.82. The number of unbranched alkanes of at least 4 members (excludes halogenated alkanes) is 1. The first-order valence-electron chi connectivity index (χ1n) is 8.45. The topological polar surface area (TPSA) is 110 Å². The second-order valence-electron chi connectivity index (χ2n) is 5.91. The quantitative estimate of drug-likeness (QED) is 0.290. The Kier molecular flexibility index (Phi) is 12.2. The first kappa shape index (κ1) is 21.4. The van der Waals surface area contributed by atoms with E-state index in [4.69, 9.17) is 0 Å². The Morgan fingerprint density at radius 3 is 2.38 bits per heavy atom. The predicted molar refractivity (Wildman–Crippen MR) is 96.6 cm³/mol. The first-order valence-corrected chi connectivity index (χ1v) is 10.9. The molecular formula is C15H28N3O4S2-. The van der Waals surface area contributed by atoms with Crippen molar-refractivity contribution in [3.8, 4) is 0 Å². The van der Waals surface area contributed by atoms with E-state index in [0.29, 0.717) is 31.2 Å². The van der Waals surface area contributed by atoms with E-state index in [1.807, 2.05) is 0 Å². The monoisotopic (exact) mass is 378 g/mol. The number of hydrogen-bond acceptors (Lipinski definition) is 6. The number of amides is 2. The Labute approximate surface area is 150 Å².